The van der Waals surface area contributed by atoms with Crippen LogP contribution in [0.3, 0.4) is 0 Å². The van der Waals surface area contributed by atoms with Crippen LogP contribution in [0.25, 0.3) is 0 Å². The molecule has 0 saturated heterocycles. The molecule has 1 atom stereocenters. The van der Waals surface area contributed by atoms with Crippen LogP contribution in [0.1, 0.15) is 42.1 Å². The van der Waals surface area contributed by atoms with Gasteiger partial charge in [0.05, 0.1) is 12.6 Å². The summed E-state index contributed by atoms with van der Waals surface area (Å²) in [4.78, 5) is 0. The molecular formula is C18H20BrNO. The van der Waals surface area contributed by atoms with E-state index in [1.54, 1.807) is 0 Å². The van der Waals surface area contributed by atoms with Crippen molar-refractivity contribution in [2.45, 2.75) is 32.2 Å². The highest BCUT2D eigenvalue weighted by Crippen LogP contribution is 2.40. The zero-order valence-electron chi connectivity index (χ0n) is 12.6. The normalized spacial score (nSPS) is 17.2. The molecule has 2 aromatic rings. The molecule has 0 fully saturated rings. The molecule has 0 aliphatic carbocycles. The predicted molar refractivity (Wildman–Crippen MR) is 89.9 cm³/mol. The Morgan fingerprint density at radius 2 is 1.81 bits per heavy atom. The number of aryl methyl sites for hydroxylation is 1. The van der Waals surface area contributed by atoms with Crippen LogP contribution in [0.15, 0.2) is 40.9 Å². The summed E-state index contributed by atoms with van der Waals surface area (Å²) in [6.07, 6.45) is 0. The number of fused-ring (bicyclic) bond motifs is 1. The first-order chi connectivity index (χ1) is 9.88. The fraction of sp³-hybridized carbons (Fsp3) is 0.333. The van der Waals surface area contributed by atoms with E-state index in [-0.39, 0.29) is 11.5 Å². The molecule has 0 amide bonds. The predicted octanol–water partition coefficient (Wildman–Crippen LogP) is 4.48. The van der Waals surface area contributed by atoms with Crippen molar-refractivity contribution in [2.75, 3.05) is 6.61 Å². The minimum absolute atomic E-state index is 0.0545. The second-order valence-corrected chi connectivity index (χ2v) is 7.27. The molecular weight excluding hydrogens is 326 g/mol. The lowest BCUT2D eigenvalue weighted by molar-refractivity contribution is 0.291. The summed E-state index contributed by atoms with van der Waals surface area (Å²) in [5.74, 6) is 0.987. The van der Waals surface area contributed by atoms with Crippen molar-refractivity contribution in [2.24, 2.45) is 5.73 Å². The third kappa shape index (κ3) is 2.60. The topological polar surface area (TPSA) is 35.2 Å². The first-order valence-corrected chi connectivity index (χ1v) is 7.97. The van der Waals surface area contributed by atoms with Gasteiger partial charge in [-0.25, -0.2) is 0 Å². The summed E-state index contributed by atoms with van der Waals surface area (Å²) in [6.45, 7) is 7.22. The van der Waals surface area contributed by atoms with Gasteiger partial charge in [-0.1, -0.05) is 48.0 Å². The third-order valence-corrected chi connectivity index (χ3v) is 5.09. The van der Waals surface area contributed by atoms with Crippen LogP contribution >= 0.6 is 15.9 Å². The summed E-state index contributed by atoms with van der Waals surface area (Å²) in [7, 11) is 0. The van der Waals surface area contributed by atoms with Crippen LogP contribution in [0.4, 0.5) is 0 Å². The van der Waals surface area contributed by atoms with Crippen molar-refractivity contribution < 1.29 is 4.74 Å². The average Bonchev–Trinajstić information content (AvgIpc) is 2.76. The minimum atomic E-state index is -0.122. The zero-order chi connectivity index (χ0) is 15.2. The maximum Gasteiger partial charge on any atom is 0.123 e. The Balaban J connectivity index is 1.99. The van der Waals surface area contributed by atoms with E-state index in [1.807, 2.05) is 6.07 Å². The lowest BCUT2D eigenvalue weighted by atomic mass is 9.85. The van der Waals surface area contributed by atoms with Crippen LogP contribution in [0.2, 0.25) is 0 Å². The molecule has 0 spiro atoms. The van der Waals surface area contributed by atoms with Crippen molar-refractivity contribution in [3.05, 3.63) is 63.1 Å². The Morgan fingerprint density at radius 3 is 2.52 bits per heavy atom. The number of nitrogens with two attached hydrogens (primary N) is 1. The molecule has 2 aromatic carbocycles. The number of benzene rings is 2. The molecule has 2 nitrogen and oxygen atoms in total. The molecule has 3 rings (SSSR count). The van der Waals surface area contributed by atoms with Gasteiger partial charge in [0.2, 0.25) is 0 Å². The number of halogens is 1. The number of hydrogen-bond donors (Lipinski definition) is 1. The molecule has 1 heterocycles. The maximum absolute atomic E-state index is 6.46. The Hall–Kier alpha value is -1.32. The van der Waals surface area contributed by atoms with Crippen LogP contribution in [-0.4, -0.2) is 6.61 Å². The lowest BCUT2D eigenvalue weighted by Crippen LogP contribution is -2.19. The van der Waals surface area contributed by atoms with E-state index < -0.39 is 0 Å². The van der Waals surface area contributed by atoms with Crippen molar-refractivity contribution in [1.29, 1.82) is 0 Å². The van der Waals surface area contributed by atoms with E-state index in [0.717, 1.165) is 28.0 Å². The van der Waals surface area contributed by atoms with Gasteiger partial charge in [-0.15, -0.1) is 0 Å². The highest BCUT2D eigenvalue weighted by molar-refractivity contribution is 9.10. The second-order valence-electron chi connectivity index (χ2n) is 6.41. The summed E-state index contributed by atoms with van der Waals surface area (Å²) < 4.78 is 6.84. The molecule has 1 unspecified atom stereocenters. The monoisotopic (exact) mass is 345 g/mol. The van der Waals surface area contributed by atoms with E-state index >= 15 is 0 Å². The molecule has 0 saturated carbocycles. The van der Waals surface area contributed by atoms with Gasteiger partial charge in [0, 0.05) is 15.5 Å². The van der Waals surface area contributed by atoms with Gasteiger partial charge in [-0.3, -0.25) is 0 Å². The van der Waals surface area contributed by atoms with Crippen molar-refractivity contribution in [3.63, 3.8) is 0 Å². The van der Waals surface area contributed by atoms with Gasteiger partial charge in [0.15, 0.2) is 0 Å². The van der Waals surface area contributed by atoms with Gasteiger partial charge >= 0.3 is 0 Å². The van der Waals surface area contributed by atoms with Crippen LogP contribution in [0, 0.1) is 6.92 Å². The molecule has 1 aliphatic heterocycles. The SMILES string of the molecule is Cc1ccc(C(N)c2ccc3c(c2)C(C)(C)CO3)cc1Br. The number of rotatable bonds is 2. The Labute approximate surface area is 134 Å². The first-order valence-electron chi connectivity index (χ1n) is 7.17. The lowest BCUT2D eigenvalue weighted by Gasteiger charge is -2.18. The van der Waals surface area contributed by atoms with E-state index in [9.17, 15) is 0 Å². The third-order valence-electron chi connectivity index (χ3n) is 4.24. The summed E-state index contributed by atoms with van der Waals surface area (Å²) in [5, 5.41) is 0. The molecule has 2 N–H and O–H groups in total. The standard InChI is InChI=1S/C18H20BrNO/c1-11-4-5-13(9-15(11)19)17(20)12-6-7-16-14(8-12)18(2,3)10-21-16/h4-9,17H,10,20H2,1-3H3. The second kappa shape index (κ2) is 5.15. The maximum atomic E-state index is 6.46. The summed E-state index contributed by atoms with van der Waals surface area (Å²) in [5.41, 5.74) is 11.2. The van der Waals surface area contributed by atoms with Crippen LogP contribution in [0.5, 0.6) is 5.75 Å². The molecule has 110 valence electrons. The highest BCUT2D eigenvalue weighted by Gasteiger charge is 2.32. The molecule has 0 radical (unpaired) electrons. The van der Waals surface area contributed by atoms with Gasteiger partial charge in [0.25, 0.3) is 0 Å². The molecule has 21 heavy (non-hydrogen) atoms. The van der Waals surface area contributed by atoms with Crippen LogP contribution < -0.4 is 10.5 Å². The Bertz CT molecular complexity index is 694. The van der Waals surface area contributed by atoms with Gasteiger partial charge < -0.3 is 10.5 Å². The number of hydrogen-bond acceptors (Lipinski definition) is 2. The van der Waals surface area contributed by atoms with Gasteiger partial charge in [-0.2, -0.15) is 0 Å². The van der Waals surface area contributed by atoms with E-state index in [2.05, 4.69) is 67.0 Å². The number of ether oxygens (including phenoxy) is 1. The van der Waals surface area contributed by atoms with Crippen molar-refractivity contribution >= 4 is 15.9 Å². The fourth-order valence-corrected chi connectivity index (χ4v) is 3.12. The minimum Gasteiger partial charge on any atom is -0.492 e. The van der Waals surface area contributed by atoms with Crippen LogP contribution in [-0.2, 0) is 5.41 Å². The smallest absolute Gasteiger partial charge is 0.123 e. The highest BCUT2D eigenvalue weighted by atomic mass is 79.9. The first kappa shape index (κ1) is 14.6. The van der Waals surface area contributed by atoms with E-state index in [4.69, 9.17) is 10.5 Å². The molecule has 3 heteroatoms. The van der Waals surface area contributed by atoms with Gasteiger partial charge in [-0.05, 0) is 41.8 Å². The Morgan fingerprint density at radius 1 is 1.14 bits per heavy atom. The summed E-state index contributed by atoms with van der Waals surface area (Å²) in [6, 6.07) is 12.5. The average molecular weight is 346 g/mol. The van der Waals surface area contributed by atoms with E-state index in [0.29, 0.717) is 0 Å². The molecule has 1 aliphatic rings. The van der Waals surface area contributed by atoms with Crippen molar-refractivity contribution in [3.8, 4) is 5.75 Å². The van der Waals surface area contributed by atoms with Crippen molar-refractivity contribution in [1.82, 2.24) is 0 Å². The largest absolute Gasteiger partial charge is 0.492 e. The fourth-order valence-electron chi connectivity index (χ4n) is 2.73. The zero-order valence-corrected chi connectivity index (χ0v) is 14.2. The molecule has 0 bridgehead atoms. The molecule has 0 aromatic heterocycles. The van der Waals surface area contributed by atoms with E-state index in [1.165, 1.54) is 11.1 Å². The Kier molecular flexibility index (Phi) is 3.58. The van der Waals surface area contributed by atoms with Gasteiger partial charge in [0.1, 0.15) is 5.75 Å². The summed E-state index contributed by atoms with van der Waals surface area (Å²) >= 11 is 3.58. The quantitative estimate of drug-likeness (QED) is 0.870.